The van der Waals surface area contributed by atoms with Crippen LogP contribution in [0, 0.1) is 11.3 Å². The summed E-state index contributed by atoms with van der Waals surface area (Å²) >= 11 is 0. The molecule has 0 aliphatic rings. The van der Waals surface area contributed by atoms with Crippen LogP contribution in [-0.4, -0.2) is 39.3 Å². The maximum absolute atomic E-state index is 9.86. The maximum Gasteiger partial charge on any atom is 0.128 e. The third-order valence-corrected chi connectivity index (χ3v) is 3.09. The molecule has 1 heterocycles. The molecule has 1 aromatic heterocycles. The fraction of sp³-hybridized carbons (Fsp3) is 0.333. The molecule has 110 valence electrons. The molecule has 2 N–H and O–H groups in total. The lowest BCUT2D eigenvalue weighted by atomic mass is 10.1. The molecular weight excluding hydrogens is 270 g/mol. The molecule has 0 saturated carbocycles. The number of nitrogens with zero attached hydrogens (tertiary/aromatic N) is 3. The van der Waals surface area contributed by atoms with Crippen molar-refractivity contribution in [3.05, 3.63) is 36.0 Å². The van der Waals surface area contributed by atoms with E-state index in [1.54, 1.807) is 42.3 Å². The molecule has 21 heavy (non-hydrogen) atoms. The lowest BCUT2D eigenvalue weighted by molar-refractivity contribution is -0.0145. The Labute approximate surface area is 122 Å². The highest BCUT2D eigenvalue weighted by Gasteiger charge is 2.20. The zero-order valence-electron chi connectivity index (χ0n) is 11.9. The number of aromatic nitrogens is 2. The Morgan fingerprint density at radius 3 is 2.81 bits per heavy atom. The van der Waals surface area contributed by atoms with Crippen molar-refractivity contribution < 1.29 is 14.9 Å². The molecule has 0 unspecified atom stereocenters. The second-order valence-electron chi connectivity index (χ2n) is 5.08. The van der Waals surface area contributed by atoms with Gasteiger partial charge in [0, 0.05) is 11.8 Å². The number of methoxy groups -OCH3 is 1. The average Bonchev–Trinajstić information content (AvgIpc) is 2.94. The van der Waals surface area contributed by atoms with Crippen molar-refractivity contribution in [3.63, 3.8) is 0 Å². The molecule has 1 aromatic carbocycles. The van der Waals surface area contributed by atoms with E-state index in [9.17, 15) is 5.11 Å². The number of nitriles is 1. The first-order valence-corrected chi connectivity index (χ1v) is 6.44. The number of hydrogen-bond donors (Lipinski definition) is 2. The molecule has 0 fully saturated rings. The quantitative estimate of drug-likeness (QED) is 0.861. The fourth-order valence-corrected chi connectivity index (χ4v) is 1.97. The second-order valence-corrected chi connectivity index (χ2v) is 5.08. The zero-order chi connectivity index (χ0) is 15.5. The SMILES string of the molecule is COc1ccc(C#N)cc1-c1ccn(C[C@@](C)(O)CO)n1. The Hall–Kier alpha value is -2.36. The molecule has 0 radical (unpaired) electrons. The minimum absolute atomic E-state index is 0.170. The molecule has 0 bridgehead atoms. The van der Waals surface area contributed by atoms with Gasteiger partial charge in [-0.25, -0.2) is 0 Å². The van der Waals surface area contributed by atoms with Crippen LogP contribution in [0.3, 0.4) is 0 Å². The average molecular weight is 287 g/mol. The molecule has 0 aliphatic heterocycles. The molecule has 0 amide bonds. The topological polar surface area (TPSA) is 91.3 Å². The summed E-state index contributed by atoms with van der Waals surface area (Å²) in [6.45, 7) is 1.35. The van der Waals surface area contributed by atoms with Gasteiger partial charge in [-0.1, -0.05) is 0 Å². The second kappa shape index (κ2) is 5.95. The van der Waals surface area contributed by atoms with Crippen LogP contribution in [0.4, 0.5) is 0 Å². The van der Waals surface area contributed by atoms with Gasteiger partial charge in [0.2, 0.25) is 0 Å². The largest absolute Gasteiger partial charge is 0.496 e. The highest BCUT2D eigenvalue weighted by Crippen LogP contribution is 2.29. The van der Waals surface area contributed by atoms with Gasteiger partial charge in [0.05, 0.1) is 37.6 Å². The number of hydrogen-bond acceptors (Lipinski definition) is 5. The van der Waals surface area contributed by atoms with Crippen LogP contribution in [0.1, 0.15) is 12.5 Å². The van der Waals surface area contributed by atoms with Gasteiger partial charge in [-0.15, -0.1) is 0 Å². The van der Waals surface area contributed by atoms with Crippen molar-refractivity contribution in [3.8, 4) is 23.1 Å². The predicted octanol–water partition coefficient (Wildman–Crippen LogP) is 1.17. The van der Waals surface area contributed by atoms with Crippen molar-refractivity contribution >= 4 is 0 Å². The zero-order valence-corrected chi connectivity index (χ0v) is 11.9. The minimum atomic E-state index is -1.23. The van der Waals surface area contributed by atoms with E-state index in [1.165, 1.54) is 6.92 Å². The summed E-state index contributed by atoms with van der Waals surface area (Å²) in [5.74, 6) is 0.619. The van der Waals surface area contributed by atoms with E-state index >= 15 is 0 Å². The smallest absolute Gasteiger partial charge is 0.128 e. The standard InChI is InChI=1S/C15H17N3O3/c1-15(20,10-19)9-18-6-5-13(17-18)12-7-11(8-16)3-4-14(12)21-2/h3-7,19-20H,9-10H2,1-2H3/t15-/m1/s1. The summed E-state index contributed by atoms with van der Waals surface area (Å²) in [7, 11) is 1.55. The van der Waals surface area contributed by atoms with E-state index in [1.807, 2.05) is 0 Å². The van der Waals surface area contributed by atoms with E-state index < -0.39 is 5.60 Å². The highest BCUT2D eigenvalue weighted by molar-refractivity contribution is 5.68. The van der Waals surface area contributed by atoms with Crippen LogP contribution in [-0.2, 0) is 6.54 Å². The van der Waals surface area contributed by atoms with Gasteiger partial charge < -0.3 is 14.9 Å². The number of benzene rings is 1. The van der Waals surface area contributed by atoms with Gasteiger partial charge >= 0.3 is 0 Å². The van der Waals surface area contributed by atoms with Crippen molar-refractivity contribution in [1.82, 2.24) is 9.78 Å². The van der Waals surface area contributed by atoms with Gasteiger partial charge in [0.15, 0.2) is 0 Å². The summed E-state index contributed by atoms with van der Waals surface area (Å²) in [6.07, 6.45) is 1.71. The van der Waals surface area contributed by atoms with Crippen molar-refractivity contribution in [2.45, 2.75) is 19.1 Å². The van der Waals surface area contributed by atoms with Gasteiger partial charge in [-0.05, 0) is 31.2 Å². The minimum Gasteiger partial charge on any atom is -0.496 e. The highest BCUT2D eigenvalue weighted by atomic mass is 16.5. The van der Waals surface area contributed by atoms with Gasteiger partial charge in [-0.2, -0.15) is 10.4 Å². The number of aliphatic hydroxyl groups excluding tert-OH is 1. The van der Waals surface area contributed by atoms with Crippen LogP contribution in [0.25, 0.3) is 11.3 Å². The summed E-state index contributed by atoms with van der Waals surface area (Å²) in [5, 5.41) is 32.3. The lowest BCUT2D eigenvalue weighted by Crippen LogP contribution is -2.34. The van der Waals surface area contributed by atoms with E-state index in [0.29, 0.717) is 22.6 Å². The normalized spacial score (nSPS) is 13.5. The Bertz CT molecular complexity index is 671. The van der Waals surface area contributed by atoms with Crippen LogP contribution < -0.4 is 4.74 Å². The third-order valence-electron chi connectivity index (χ3n) is 3.09. The summed E-state index contributed by atoms with van der Waals surface area (Å²) in [6, 6.07) is 8.95. The van der Waals surface area contributed by atoms with Crippen molar-refractivity contribution in [2.75, 3.05) is 13.7 Å². The van der Waals surface area contributed by atoms with Crippen LogP contribution in [0.2, 0.25) is 0 Å². The predicted molar refractivity (Wildman–Crippen MR) is 76.6 cm³/mol. The molecule has 0 aliphatic carbocycles. The number of aliphatic hydroxyl groups is 2. The lowest BCUT2D eigenvalue weighted by Gasteiger charge is -2.19. The maximum atomic E-state index is 9.86. The Balaban J connectivity index is 2.35. The number of ether oxygens (including phenoxy) is 1. The van der Waals surface area contributed by atoms with E-state index in [2.05, 4.69) is 11.2 Å². The third kappa shape index (κ3) is 3.40. The molecule has 2 rings (SSSR count). The molecule has 0 spiro atoms. The molecule has 2 aromatic rings. The summed E-state index contributed by atoms with van der Waals surface area (Å²) in [4.78, 5) is 0. The molecule has 1 atom stereocenters. The van der Waals surface area contributed by atoms with E-state index in [4.69, 9.17) is 15.1 Å². The monoisotopic (exact) mass is 287 g/mol. The summed E-state index contributed by atoms with van der Waals surface area (Å²) in [5.41, 5.74) is 0.626. The fourth-order valence-electron chi connectivity index (χ4n) is 1.97. The molecule has 6 heteroatoms. The van der Waals surface area contributed by atoms with Gasteiger partial charge in [-0.3, -0.25) is 4.68 Å². The van der Waals surface area contributed by atoms with Crippen LogP contribution in [0.15, 0.2) is 30.5 Å². The molecule has 0 saturated heterocycles. The van der Waals surface area contributed by atoms with E-state index in [-0.39, 0.29) is 13.2 Å². The Morgan fingerprint density at radius 2 is 2.19 bits per heavy atom. The van der Waals surface area contributed by atoms with Crippen molar-refractivity contribution in [1.29, 1.82) is 5.26 Å². The molecular formula is C15H17N3O3. The summed E-state index contributed by atoms with van der Waals surface area (Å²) < 4.78 is 6.83. The first-order chi connectivity index (χ1) is 9.99. The first-order valence-electron chi connectivity index (χ1n) is 6.44. The van der Waals surface area contributed by atoms with Crippen LogP contribution >= 0.6 is 0 Å². The van der Waals surface area contributed by atoms with Gasteiger partial charge in [0.25, 0.3) is 0 Å². The Kier molecular flexibility index (Phi) is 4.26. The molecule has 6 nitrogen and oxygen atoms in total. The van der Waals surface area contributed by atoms with E-state index in [0.717, 1.165) is 0 Å². The Morgan fingerprint density at radius 1 is 1.43 bits per heavy atom. The van der Waals surface area contributed by atoms with Crippen LogP contribution in [0.5, 0.6) is 5.75 Å². The van der Waals surface area contributed by atoms with Gasteiger partial charge in [0.1, 0.15) is 11.4 Å². The van der Waals surface area contributed by atoms with Crippen molar-refractivity contribution in [2.24, 2.45) is 0 Å². The first kappa shape index (κ1) is 15.0. The number of rotatable bonds is 5.